The molecule has 19 heavy (non-hydrogen) atoms. The van der Waals surface area contributed by atoms with Gasteiger partial charge >= 0.3 is 0 Å². The van der Waals surface area contributed by atoms with E-state index in [-0.39, 0.29) is 0 Å². The molecule has 0 atom stereocenters. The van der Waals surface area contributed by atoms with E-state index in [4.69, 9.17) is 4.98 Å². The van der Waals surface area contributed by atoms with Crippen LogP contribution in [0.1, 0.15) is 37.4 Å². The lowest BCUT2D eigenvalue weighted by Gasteiger charge is -2.10. The molecule has 0 saturated heterocycles. The zero-order valence-electron chi connectivity index (χ0n) is 12.0. The van der Waals surface area contributed by atoms with Crippen molar-refractivity contribution < 1.29 is 0 Å². The SMILES string of the molecule is CCCc1cc(CNCC)cc(-n2ccnc2C)n1. The van der Waals surface area contributed by atoms with Gasteiger partial charge in [-0.25, -0.2) is 9.97 Å². The summed E-state index contributed by atoms with van der Waals surface area (Å²) in [5.41, 5.74) is 2.43. The quantitative estimate of drug-likeness (QED) is 0.866. The molecule has 102 valence electrons. The topological polar surface area (TPSA) is 42.7 Å². The molecule has 0 aliphatic carbocycles. The standard InChI is InChI=1S/C15H22N4/c1-4-6-14-9-13(11-16-5-2)10-15(18-14)19-8-7-17-12(19)3/h7-10,16H,4-6,11H2,1-3H3. The molecule has 0 fully saturated rings. The third-order valence-electron chi connectivity index (χ3n) is 3.08. The van der Waals surface area contributed by atoms with E-state index in [0.29, 0.717) is 0 Å². The van der Waals surface area contributed by atoms with Crippen LogP contribution in [-0.4, -0.2) is 21.1 Å². The molecule has 2 aromatic heterocycles. The Bertz CT molecular complexity index is 531. The Kier molecular flexibility index (Phi) is 4.68. The van der Waals surface area contributed by atoms with Gasteiger partial charge in [0.15, 0.2) is 0 Å². The van der Waals surface area contributed by atoms with E-state index in [9.17, 15) is 0 Å². The molecule has 0 aliphatic heterocycles. The van der Waals surface area contributed by atoms with Crippen molar-refractivity contribution in [3.63, 3.8) is 0 Å². The summed E-state index contributed by atoms with van der Waals surface area (Å²) in [6.07, 6.45) is 5.90. The summed E-state index contributed by atoms with van der Waals surface area (Å²) in [6, 6.07) is 4.33. The smallest absolute Gasteiger partial charge is 0.138 e. The number of aromatic nitrogens is 3. The van der Waals surface area contributed by atoms with E-state index in [1.165, 1.54) is 5.56 Å². The van der Waals surface area contributed by atoms with Gasteiger partial charge in [-0.1, -0.05) is 20.3 Å². The Hall–Kier alpha value is -1.68. The van der Waals surface area contributed by atoms with Crippen molar-refractivity contribution in [2.24, 2.45) is 0 Å². The lowest BCUT2D eigenvalue weighted by atomic mass is 10.1. The van der Waals surface area contributed by atoms with Crippen LogP contribution in [0, 0.1) is 6.92 Å². The molecule has 0 saturated carbocycles. The van der Waals surface area contributed by atoms with Crippen molar-refractivity contribution >= 4 is 0 Å². The van der Waals surface area contributed by atoms with E-state index in [0.717, 1.165) is 43.3 Å². The average Bonchev–Trinajstić information content (AvgIpc) is 2.83. The Morgan fingerprint density at radius 3 is 2.74 bits per heavy atom. The lowest BCUT2D eigenvalue weighted by molar-refractivity contribution is 0.721. The molecule has 2 rings (SSSR count). The number of hydrogen-bond donors (Lipinski definition) is 1. The van der Waals surface area contributed by atoms with E-state index >= 15 is 0 Å². The zero-order valence-corrected chi connectivity index (χ0v) is 12.0. The maximum absolute atomic E-state index is 4.73. The number of aryl methyl sites for hydroxylation is 2. The van der Waals surface area contributed by atoms with Gasteiger partial charge in [0.25, 0.3) is 0 Å². The molecular formula is C15H22N4. The van der Waals surface area contributed by atoms with Crippen molar-refractivity contribution in [1.29, 1.82) is 0 Å². The number of pyridine rings is 1. The molecule has 0 spiro atoms. The van der Waals surface area contributed by atoms with E-state index in [1.54, 1.807) is 0 Å². The number of hydrogen-bond acceptors (Lipinski definition) is 3. The molecule has 0 unspecified atom stereocenters. The number of nitrogens with one attached hydrogen (secondary N) is 1. The third kappa shape index (κ3) is 3.41. The summed E-state index contributed by atoms with van der Waals surface area (Å²) in [7, 11) is 0. The van der Waals surface area contributed by atoms with E-state index in [2.05, 4.69) is 36.3 Å². The Morgan fingerprint density at radius 1 is 1.26 bits per heavy atom. The van der Waals surface area contributed by atoms with Crippen molar-refractivity contribution in [1.82, 2.24) is 19.9 Å². The molecule has 0 bridgehead atoms. The summed E-state index contributed by atoms with van der Waals surface area (Å²) in [5.74, 6) is 1.93. The second kappa shape index (κ2) is 6.48. The second-order valence-corrected chi connectivity index (χ2v) is 4.70. The lowest BCUT2D eigenvalue weighted by Crippen LogP contribution is -2.13. The highest BCUT2D eigenvalue weighted by Crippen LogP contribution is 2.13. The van der Waals surface area contributed by atoms with Crippen molar-refractivity contribution in [2.45, 2.75) is 40.2 Å². The Morgan fingerprint density at radius 2 is 2.11 bits per heavy atom. The number of nitrogens with zero attached hydrogens (tertiary/aromatic N) is 3. The molecule has 4 heteroatoms. The van der Waals surface area contributed by atoms with E-state index in [1.807, 2.05) is 23.9 Å². The zero-order chi connectivity index (χ0) is 13.7. The van der Waals surface area contributed by atoms with Crippen molar-refractivity contribution in [2.75, 3.05) is 6.54 Å². The molecule has 2 aromatic rings. The minimum Gasteiger partial charge on any atom is -0.313 e. The molecule has 0 aliphatic rings. The highest BCUT2D eigenvalue weighted by Gasteiger charge is 2.06. The molecule has 0 radical (unpaired) electrons. The fourth-order valence-electron chi connectivity index (χ4n) is 2.13. The van der Waals surface area contributed by atoms with E-state index < -0.39 is 0 Å². The fraction of sp³-hybridized carbons (Fsp3) is 0.467. The summed E-state index contributed by atoms with van der Waals surface area (Å²) in [6.45, 7) is 8.16. The van der Waals surface area contributed by atoms with Gasteiger partial charge in [0, 0.05) is 24.6 Å². The van der Waals surface area contributed by atoms with Gasteiger partial charge in [-0.15, -0.1) is 0 Å². The minimum atomic E-state index is 0.885. The van der Waals surface area contributed by atoms with Gasteiger partial charge in [-0.05, 0) is 37.6 Å². The second-order valence-electron chi connectivity index (χ2n) is 4.70. The molecular weight excluding hydrogens is 236 g/mol. The van der Waals surface area contributed by atoms with Crippen molar-refractivity contribution in [3.05, 3.63) is 41.6 Å². The molecule has 4 nitrogen and oxygen atoms in total. The maximum Gasteiger partial charge on any atom is 0.138 e. The first-order valence-corrected chi connectivity index (χ1v) is 6.95. The van der Waals surface area contributed by atoms with Gasteiger partial charge in [0.1, 0.15) is 11.6 Å². The Labute approximate surface area is 114 Å². The first-order valence-electron chi connectivity index (χ1n) is 6.95. The predicted molar refractivity (Wildman–Crippen MR) is 77.5 cm³/mol. The number of imidazole rings is 1. The molecule has 2 heterocycles. The monoisotopic (exact) mass is 258 g/mol. The summed E-state index contributed by atoms with van der Waals surface area (Å²) >= 11 is 0. The van der Waals surface area contributed by atoms with Gasteiger partial charge in [0.2, 0.25) is 0 Å². The van der Waals surface area contributed by atoms with Crippen LogP contribution in [0.3, 0.4) is 0 Å². The third-order valence-corrected chi connectivity index (χ3v) is 3.08. The van der Waals surface area contributed by atoms with Crippen LogP contribution < -0.4 is 5.32 Å². The normalized spacial score (nSPS) is 10.9. The van der Waals surface area contributed by atoms with Crippen LogP contribution in [0.15, 0.2) is 24.5 Å². The molecule has 0 aromatic carbocycles. The van der Waals surface area contributed by atoms with Crippen LogP contribution in [0.25, 0.3) is 5.82 Å². The van der Waals surface area contributed by atoms with Gasteiger partial charge in [-0.2, -0.15) is 0 Å². The number of rotatable bonds is 6. The minimum absolute atomic E-state index is 0.885. The highest BCUT2D eigenvalue weighted by atomic mass is 15.1. The first kappa shape index (κ1) is 13.7. The highest BCUT2D eigenvalue weighted by molar-refractivity contribution is 5.32. The van der Waals surface area contributed by atoms with Gasteiger partial charge in [0.05, 0.1) is 0 Å². The van der Waals surface area contributed by atoms with Crippen LogP contribution in [0.2, 0.25) is 0 Å². The van der Waals surface area contributed by atoms with Crippen LogP contribution in [0.5, 0.6) is 0 Å². The Balaban J connectivity index is 2.36. The summed E-state index contributed by atoms with van der Waals surface area (Å²) < 4.78 is 2.04. The van der Waals surface area contributed by atoms with Crippen LogP contribution in [0.4, 0.5) is 0 Å². The predicted octanol–water partition coefficient (Wildman–Crippen LogP) is 2.64. The van der Waals surface area contributed by atoms with Crippen molar-refractivity contribution in [3.8, 4) is 5.82 Å². The van der Waals surface area contributed by atoms with Crippen LogP contribution >= 0.6 is 0 Å². The maximum atomic E-state index is 4.73. The van der Waals surface area contributed by atoms with Crippen LogP contribution in [-0.2, 0) is 13.0 Å². The molecule has 0 amide bonds. The molecule has 1 N–H and O–H groups in total. The average molecular weight is 258 g/mol. The van der Waals surface area contributed by atoms with Gasteiger partial charge < -0.3 is 5.32 Å². The summed E-state index contributed by atoms with van der Waals surface area (Å²) in [5, 5.41) is 3.37. The largest absolute Gasteiger partial charge is 0.313 e. The fourth-order valence-corrected chi connectivity index (χ4v) is 2.13. The first-order chi connectivity index (χ1) is 9.24. The summed E-state index contributed by atoms with van der Waals surface area (Å²) in [4.78, 5) is 9.00. The van der Waals surface area contributed by atoms with Gasteiger partial charge in [-0.3, -0.25) is 4.57 Å².